The largest absolute Gasteiger partial charge is 0.369 e. The number of hydrogen-bond donors (Lipinski definition) is 1. The molecular formula is C17H27BrN2. The topological polar surface area (TPSA) is 15.3 Å². The van der Waals surface area contributed by atoms with E-state index in [2.05, 4.69) is 65.1 Å². The average molecular weight is 339 g/mol. The van der Waals surface area contributed by atoms with Crippen LogP contribution in [-0.2, 0) is 0 Å². The first kappa shape index (κ1) is 15.8. The molecule has 1 atom stereocenters. The molecule has 2 nitrogen and oxygen atoms in total. The summed E-state index contributed by atoms with van der Waals surface area (Å²) >= 11 is 3.76. The van der Waals surface area contributed by atoms with E-state index in [4.69, 9.17) is 0 Å². The third-order valence-electron chi connectivity index (χ3n) is 3.93. The van der Waals surface area contributed by atoms with Crippen LogP contribution in [0.15, 0.2) is 22.7 Å². The van der Waals surface area contributed by atoms with Gasteiger partial charge in [-0.15, -0.1) is 0 Å². The molecule has 1 fully saturated rings. The molecule has 1 aliphatic carbocycles. The van der Waals surface area contributed by atoms with Gasteiger partial charge in [0, 0.05) is 28.8 Å². The van der Waals surface area contributed by atoms with Crippen molar-refractivity contribution in [1.82, 2.24) is 5.32 Å². The number of halogens is 1. The van der Waals surface area contributed by atoms with E-state index in [1.54, 1.807) is 0 Å². The molecule has 0 saturated heterocycles. The molecule has 1 unspecified atom stereocenters. The number of nitrogens with zero attached hydrogens (tertiary/aromatic N) is 1. The lowest BCUT2D eigenvalue weighted by atomic mass is 10.1. The lowest BCUT2D eigenvalue weighted by Crippen LogP contribution is -2.26. The van der Waals surface area contributed by atoms with Gasteiger partial charge < -0.3 is 10.2 Å². The van der Waals surface area contributed by atoms with Gasteiger partial charge in [-0.25, -0.2) is 0 Å². The second-order valence-corrected chi connectivity index (χ2v) is 6.66. The van der Waals surface area contributed by atoms with E-state index in [1.165, 1.54) is 48.0 Å². The monoisotopic (exact) mass is 338 g/mol. The first-order valence-electron chi connectivity index (χ1n) is 7.96. The predicted molar refractivity (Wildman–Crippen MR) is 91.5 cm³/mol. The minimum absolute atomic E-state index is 0.402. The summed E-state index contributed by atoms with van der Waals surface area (Å²) in [6, 6.07) is 8.05. The van der Waals surface area contributed by atoms with Crippen molar-refractivity contribution in [3.63, 3.8) is 0 Å². The summed E-state index contributed by atoms with van der Waals surface area (Å²) in [5.74, 6) is 0. The Bertz CT molecular complexity index is 429. The van der Waals surface area contributed by atoms with Crippen molar-refractivity contribution < 1.29 is 0 Å². The van der Waals surface area contributed by atoms with Gasteiger partial charge in [0.1, 0.15) is 0 Å². The minimum atomic E-state index is 0.402. The molecule has 1 aromatic rings. The fourth-order valence-electron chi connectivity index (χ4n) is 2.67. The van der Waals surface area contributed by atoms with Gasteiger partial charge >= 0.3 is 0 Å². The van der Waals surface area contributed by atoms with E-state index >= 15 is 0 Å². The van der Waals surface area contributed by atoms with E-state index in [1.807, 2.05) is 0 Å². The summed E-state index contributed by atoms with van der Waals surface area (Å²) in [5, 5.41) is 3.55. The van der Waals surface area contributed by atoms with Crippen LogP contribution in [0, 0.1) is 0 Å². The maximum Gasteiger partial charge on any atom is 0.0380 e. The lowest BCUT2D eigenvalue weighted by molar-refractivity contribution is 0.569. The molecule has 0 bridgehead atoms. The molecule has 0 aromatic heterocycles. The summed E-state index contributed by atoms with van der Waals surface area (Å²) in [5.41, 5.74) is 2.72. The zero-order valence-corrected chi connectivity index (χ0v) is 14.5. The van der Waals surface area contributed by atoms with Crippen molar-refractivity contribution >= 4 is 21.6 Å². The zero-order chi connectivity index (χ0) is 14.5. The second-order valence-electron chi connectivity index (χ2n) is 5.81. The Balaban J connectivity index is 2.11. The van der Waals surface area contributed by atoms with E-state index < -0.39 is 0 Å². The molecule has 1 N–H and O–H groups in total. The summed E-state index contributed by atoms with van der Waals surface area (Å²) in [6.07, 6.45) is 5.10. The predicted octanol–water partition coefficient (Wildman–Crippen LogP) is 4.89. The third kappa shape index (κ3) is 3.98. The van der Waals surface area contributed by atoms with E-state index in [-0.39, 0.29) is 0 Å². The Hall–Kier alpha value is -0.540. The van der Waals surface area contributed by atoms with Crippen molar-refractivity contribution in [1.29, 1.82) is 0 Å². The quantitative estimate of drug-likeness (QED) is 0.725. The molecule has 0 aliphatic heterocycles. The molecule has 1 saturated carbocycles. The fraction of sp³-hybridized carbons (Fsp3) is 0.647. The number of rotatable bonds is 8. The number of benzene rings is 1. The first-order chi connectivity index (χ1) is 9.67. The fourth-order valence-corrected chi connectivity index (χ4v) is 3.38. The summed E-state index contributed by atoms with van der Waals surface area (Å²) in [7, 11) is 0. The maximum absolute atomic E-state index is 3.76. The van der Waals surface area contributed by atoms with Gasteiger partial charge in [-0.1, -0.05) is 35.8 Å². The Kier molecular flexibility index (Phi) is 5.91. The van der Waals surface area contributed by atoms with Crippen molar-refractivity contribution in [2.75, 3.05) is 18.0 Å². The van der Waals surface area contributed by atoms with Crippen LogP contribution in [0.3, 0.4) is 0 Å². The van der Waals surface area contributed by atoms with Crippen LogP contribution < -0.4 is 10.2 Å². The van der Waals surface area contributed by atoms with Gasteiger partial charge in [0.25, 0.3) is 0 Å². The van der Waals surface area contributed by atoms with Gasteiger partial charge in [0.2, 0.25) is 0 Å². The van der Waals surface area contributed by atoms with Crippen LogP contribution in [-0.4, -0.2) is 19.1 Å². The van der Waals surface area contributed by atoms with E-state index in [0.29, 0.717) is 6.04 Å². The Labute approximate surface area is 132 Å². The molecule has 0 heterocycles. The average Bonchev–Trinajstić information content (AvgIpc) is 3.26. The smallest absolute Gasteiger partial charge is 0.0380 e. The van der Waals surface area contributed by atoms with Gasteiger partial charge in [-0.2, -0.15) is 0 Å². The van der Waals surface area contributed by atoms with Crippen LogP contribution in [0.5, 0.6) is 0 Å². The highest BCUT2D eigenvalue weighted by Crippen LogP contribution is 2.35. The van der Waals surface area contributed by atoms with Gasteiger partial charge in [0.15, 0.2) is 0 Å². The van der Waals surface area contributed by atoms with E-state index in [9.17, 15) is 0 Å². The molecule has 1 aliphatic rings. The number of anilines is 1. The SMILES string of the molecule is CCCNC(C)c1ccc(N(CCC)C2CC2)cc1Br. The summed E-state index contributed by atoms with van der Waals surface area (Å²) in [6.45, 7) is 8.94. The normalized spacial score (nSPS) is 16.2. The lowest BCUT2D eigenvalue weighted by Gasteiger charge is -2.25. The molecule has 2 rings (SSSR count). The molecule has 0 radical (unpaired) electrons. The molecule has 3 heteroatoms. The van der Waals surface area contributed by atoms with Gasteiger partial charge in [-0.05, 0) is 56.8 Å². The van der Waals surface area contributed by atoms with Crippen LogP contribution in [0.1, 0.15) is 58.1 Å². The van der Waals surface area contributed by atoms with Gasteiger partial charge in [-0.3, -0.25) is 0 Å². The maximum atomic E-state index is 3.76. The summed E-state index contributed by atoms with van der Waals surface area (Å²) in [4.78, 5) is 2.57. The Morgan fingerprint density at radius 3 is 2.60 bits per heavy atom. The van der Waals surface area contributed by atoms with Crippen LogP contribution in [0.2, 0.25) is 0 Å². The van der Waals surface area contributed by atoms with Crippen LogP contribution in [0.4, 0.5) is 5.69 Å². The van der Waals surface area contributed by atoms with Crippen LogP contribution >= 0.6 is 15.9 Å². The molecule has 20 heavy (non-hydrogen) atoms. The second kappa shape index (κ2) is 7.46. The highest BCUT2D eigenvalue weighted by atomic mass is 79.9. The number of nitrogens with one attached hydrogen (secondary N) is 1. The number of hydrogen-bond acceptors (Lipinski definition) is 2. The van der Waals surface area contributed by atoms with Gasteiger partial charge in [0.05, 0.1) is 0 Å². The third-order valence-corrected chi connectivity index (χ3v) is 4.62. The van der Waals surface area contributed by atoms with E-state index in [0.717, 1.165) is 12.6 Å². The minimum Gasteiger partial charge on any atom is -0.369 e. The highest BCUT2D eigenvalue weighted by molar-refractivity contribution is 9.10. The standard InChI is InChI=1S/C17H27BrN2/c1-4-10-19-13(3)16-9-8-15(12-17(16)18)20(11-5-2)14-6-7-14/h8-9,12-14,19H,4-7,10-11H2,1-3H3. The molecule has 1 aromatic carbocycles. The molecule has 0 spiro atoms. The Morgan fingerprint density at radius 2 is 2.05 bits per heavy atom. The van der Waals surface area contributed by atoms with Crippen LogP contribution in [0.25, 0.3) is 0 Å². The van der Waals surface area contributed by atoms with Crippen molar-refractivity contribution in [3.05, 3.63) is 28.2 Å². The van der Waals surface area contributed by atoms with Crippen molar-refractivity contribution in [2.45, 2.75) is 58.5 Å². The summed E-state index contributed by atoms with van der Waals surface area (Å²) < 4.78 is 1.23. The van der Waals surface area contributed by atoms with Crippen molar-refractivity contribution in [2.24, 2.45) is 0 Å². The van der Waals surface area contributed by atoms with Crippen molar-refractivity contribution in [3.8, 4) is 0 Å². The molecule has 112 valence electrons. The molecule has 0 amide bonds. The zero-order valence-electron chi connectivity index (χ0n) is 13.0. The highest BCUT2D eigenvalue weighted by Gasteiger charge is 2.28. The first-order valence-corrected chi connectivity index (χ1v) is 8.76. The Morgan fingerprint density at radius 1 is 1.30 bits per heavy atom. The molecular weight excluding hydrogens is 312 g/mol.